The fraction of sp³-hybridized carbons (Fsp3) is 0.250. The van der Waals surface area contributed by atoms with Crippen molar-refractivity contribution < 1.29 is 9.53 Å². The second kappa shape index (κ2) is 5.33. The van der Waals surface area contributed by atoms with Gasteiger partial charge in [-0.3, -0.25) is 9.78 Å². The van der Waals surface area contributed by atoms with Crippen molar-refractivity contribution in [3.8, 4) is 5.75 Å². The lowest BCUT2D eigenvalue weighted by atomic mass is 10.1. The first kappa shape index (κ1) is 12.7. The van der Waals surface area contributed by atoms with E-state index in [1.165, 1.54) is 0 Å². The van der Waals surface area contributed by atoms with Gasteiger partial charge in [0.15, 0.2) is 0 Å². The quantitative estimate of drug-likeness (QED) is 0.927. The lowest BCUT2D eigenvalue weighted by Gasteiger charge is -2.08. The van der Waals surface area contributed by atoms with Crippen LogP contribution in [0, 0.1) is 5.92 Å². The number of hydrogen-bond donors (Lipinski definition) is 1. The Morgan fingerprint density at radius 1 is 1.30 bits per heavy atom. The Kier molecular flexibility index (Phi) is 3.37. The maximum Gasteiger partial charge on any atom is 0.228 e. The molecule has 2 aromatic rings. The number of nitrogens with zero attached hydrogens (tertiary/aromatic N) is 1. The van der Waals surface area contributed by atoms with Crippen molar-refractivity contribution in [2.75, 3.05) is 12.4 Å². The fourth-order valence-corrected chi connectivity index (χ4v) is 2.47. The van der Waals surface area contributed by atoms with Gasteiger partial charge in [0.2, 0.25) is 5.91 Å². The third-order valence-electron chi connectivity index (χ3n) is 3.59. The number of aromatic nitrogens is 1. The van der Waals surface area contributed by atoms with Gasteiger partial charge in [-0.05, 0) is 36.1 Å². The lowest BCUT2D eigenvalue weighted by Crippen LogP contribution is -2.14. The minimum atomic E-state index is 0.0199. The van der Waals surface area contributed by atoms with E-state index in [9.17, 15) is 4.79 Å². The minimum Gasteiger partial charge on any atom is -0.496 e. The SMILES string of the molecule is COc1ccccc1[C@@H]1C[C@@H]1C(=O)Nc1cccnc1. The van der Waals surface area contributed by atoms with Crippen molar-refractivity contribution in [2.45, 2.75) is 12.3 Å². The van der Waals surface area contributed by atoms with Crippen LogP contribution in [0.3, 0.4) is 0 Å². The number of nitrogens with one attached hydrogen (secondary N) is 1. The Morgan fingerprint density at radius 3 is 2.90 bits per heavy atom. The molecule has 3 rings (SSSR count). The summed E-state index contributed by atoms with van der Waals surface area (Å²) in [7, 11) is 1.66. The molecule has 1 aliphatic carbocycles. The topological polar surface area (TPSA) is 51.2 Å². The van der Waals surface area contributed by atoms with Crippen LogP contribution in [0.15, 0.2) is 48.8 Å². The molecule has 0 spiro atoms. The van der Waals surface area contributed by atoms with Crippen molar-refractivity contribution in [3.63, 3.8) is 0 Å². The van der Waals surface area contributed by atoms with Gasteiger partial charge in [0.05, 0.1) is 19.0 Å². The molecule has 1 saturated carbocycles. The first-order chi connectivity index (χ1) is 9.79. The summed E-state index contributed by atoms with van der Waals surface area (Å²) in [5.74, 6) is 1.18. The molecule has 1 aliphatic rings. The minimum absolute atomic E-state index is 0.0199. The summed E-state index contributed by atoms with van der Waals surface area (Å²) >= 11 is 0. The number of carbonyl (C=O) groups is 1. The molecule has 0 saturated heterocycles. The number of hydrogen-bond acceptors (Lipinski definition) is 3. The van der Waals surface area contributed by atoms with Gasteiger partial charge in [0.25, 0.3) is 0 Å². The van der Waals surface area contributed by atoms with Gasteiger partial charge in [-0.2, -0.15) is 0 Å². The zero-order chi connectivity index (χ0) is 13.9. The van der Waals surface area contributed by atoms with Crippen molar-refractivity contribution in [1.29, 1.82) is 0 Å². The summed E-state index contributed by atoms with van der Waals surface area (Å²) in [6.45, 7) is 0. The molecule has 2 atom stereocenters. The molecule has 4 heteroatoms. The average molecular weight is 268 g/mol. The lowest BCUT2D eigenvalue weighted by molar-refractivity contribution is -0.117. The first-order valence-electron chi connectivity index (χ1n) is 6.63. The van der Waals surface area contributed by atoms with E-state index in [0.29, 0.717) is 0 Å². The molecule has 0 bridgehead atoms. The third kappa shape index (κ3) is 2.50. The summed E-state index contributed by atoms with van der Waals surface area (Å²) < 4.78 is 5.35. The van der Waals surface area contributed by atoms with E-state index in [-0.39, 0.29) is 17.7 Å². The maximum atomic E-state index is 12.2. The number of methoxy groups -OCH3 is 1. The molecule has 1 N–H and O–H groups in total. The number of pyridine rings is 1. The molecular formula is C16H16N2O2. The van der Waals surface area contributed by atoms with Gasteiger partial charge in [0, 0.05) is 12.1 Å². The summed E-state index contributed by atoms with van der Waals surface area (Å²) in [4.78, 5) is 16.2. The van der Waals surface area contributed by atoms with Crippen LogP contribution in [0.5, 0.6) is 5.75 Å². The highest BCUT2D eigenvalue weighted by atomic mass is 16.5. The predicted molar refractivity (Wildman–Crippen MR) is 76.7 cm³/mol. The van der Waals surface area contributed by atoms with E-state index in [1.807, 2.05) is 30.3 Å². The van der Waals surface area contributed by atoms with Crippen molar-refractivity contribution in [2.24, 2.45) is 5.92 Å². The monoisotopic (exact) mass is 268 g/mol. The number of benzene rings is 1. The zero-order valence-corrected chi connectivity index (χ0v) is 11.2. The van der Waals surface area contributed by atoms with Crippen molar-refractivity contribution in [1.82, 2.24) is 4.98 Å². The number of ether oxygens (including phenoxy) is 1. The highest BCUT2D eigenvalue weighted by Gasteiger charge is 2.45. The van der Waals surface area contributed by atoms with E-state index >= 15 is 0 Å². The molecule has 0 radical (unpaired) electrons. The van der Waals surface area contributed by atoms with Crippen LogP contribution >= 0.6 is 0 Å². The molecular weight excluding hydrogens is 252 g/mol. The van der Waals surface area contributed by atoms with Crippen LogP contribution in [0.1, 0.15) is 17.9 Å². The molecule has 0 unspecified atom stereocenters. The molecule has 1 aromatic heterocycles. The van der Waals surface area contributed by atoms with Crippen LogP contribution in [-0.4, -0.2) is 18.0 Å². The molecule has 102 valence electrons. The maximum absolute atomic E-state index is 12.2. The highest BCUT2D eigenvalue weighted by molar-refractivity contribution is 5.95. The largest absolute Gasteiger partial charge is 0.496 e. The zero-order valence-electron chi connectivity index (χ0n) is 11.2. The third-order valence-corrected chi connectivity index (χ3v) is 3.59. The molecule has 1 heterocycles. The van der Waals surface area contributed by atoms with Gasteiger partial charge in [-0.1, -0.05) is 18.2 Å². The van der Waals surface area contributed by atoms with Gasteiger partial charge in [-0.25, -0.2) is 0 Å². The molecule has 1 amide bonds. The Hall–Kier alpha value is -2.36. The second-order valence-corrected chi connectivity index (χ2v) is 4.92. The van der Waals surface area contributed by atoms with Gasteiger partial charge in [-0.15, -0.1) is 0 Å². The number of anilines is 1. The second-order valence-electron chi connectivity index (χ2n) is 4.92. The molecule has 4 nitrogen and oxygen atoms in total. The number of rotatable bonds is 4. The van der Waals surface area contributed by atoms with Crippen LogP contribution in [0.2, 0.25) is 0 Å². The number of carbonyl (C=O) groups excluding carboxylic acids is 1. The predicted octanol–water partition coefficient (Wildman–Crippen LogP) is 2.83. The highest BCUT2D eigenvalue weighted by Crippen LogP contribution is 2.50. The summed E-state index contributed by atoms with van der Waals surface area (Å²) in [5, 5.41) is 2.90. The molecule has 1 aromatic carbocycles. The van der Waals surface area contributed by atoms with Gasteiger partial charge in [0.1, 0.15) is 5.75 Å². The Labute approximate surface area is 117 Å². The van der Waals surface area contributed by atoms with Crippen molar-refractivity contribution >= 4 is 11.6 Å². The fourth-order valence-electron chi connectivity index (χ4n) is 2.47. The van der Waals surface area contributed by atoms with E-state index in [2.05, 4.69) is 10.3 Å². The number of amides is 1. The standard InChI is InChI=1S/C16H16N2O2/c1-20-15-7-3-2-6-12(15)13-9-14(13)16(19)18-11-5-4-8-17-10-11/h2-8,10,13-14H,9H2,1H3,(H,18,19)/t13-,14-/m0/s1. The molecule has 20 heavy (non-hydrogen) atoms. The Bertz CT molecular complexity index is 613. The summed E-state index contributed by atoms with van der Waals surface area (Å²) in [5.41, 5.74) is 1.85. The van der Waals surface area contributed by atoms with E-state index in [4.69, 9.17) is 4.74 Å². The molecule has 1 fully saturated rings. The van der Waals surface area contributed by atoms with E-state index in [0.717, 1.165) is 23.4 Å². The average Bonchev–Trinajstić information content (AvgIpc) is 3.28. The Balaban J connectivity index is 1.68. The van der Waals surface area contributed by atoms with Crippen LogP contribution < -0.4 is 10.1 Å². The van der Waals surface area contributed by atoms with E-state index < -0.39 is 0 Å². The van der Waals surface area contributed by atoms with Crippen LogP contribution in [0.25, 0.3) is 0 Å². The summed E-state index contributed by atoms with van der Waals surface area (Å²) in [6.07, 6.45) is 4.20. The molecule has 0 aliphatic heterocycles. The van der Waals surface area contributed by atoms with Crippen LogP contribution in [-0.2, 0) is 4.79 Å². The van der Waals surface area contributed by atoms with E-state index in [1.54, 1.807) is 25.6 Å². The van der Waals surface area contributed by atoms with Gasteiger partial charge < -0.3 is 10.1 Å². The first-order valence-corrected chi connectivity index (χ1v) is 6.63. The van der Waals surface area contributed by atoms with Crippen LogP contribution in [0.4, 0.5) is 5.69 Å². The van der Waals surface area contributed by atoms with Crippen molar-refractivity contribution in [3.05, 3.63) is 54.4 Å². The summed E-state index contributed by atoms with van der Waals surface area (Å²) in [6, 6.07) is 11.5. The normalized spacial score (nSPS) is 20.2. The van der Waals surface area contributed by atoms with Gasteiger partial charge >= 0.3 is 0 Å². The smallest absolute Gasteiger partial charge is 0.228 e. The number of para-hydroxylation sites is 1. The Morgan fingerprint density at radius 2 is 2.15 bits per heavy atom.